The summed E-state index contributed by atoms with van der Waals surface area (Å²) in [5.74, 6) is 0.340. The quantitative estimate of drug-likeness (QED) is 0.260. The third-order valence-electron chi connectivity index (χ3n) is 6.44. The number of halogens is 1. The van der Waals surface area contributed by atoms with Crippen molar-refractivity contribution >= 4 is 39.9 Å². The molecule has 0 saturated heterocycles. The Hall–Kier alpha value is -2.87. The minimum Gasteiger partial charge on any atom is -0.484 e. The summed E-state index contributed by atoms with van der Waals surface area (Å²) in [5, 5.41) is 1.10. The molecule has 1 amide bonds. The number of nitrogens with two attached hydrogens (primary N) is 2. The van der Waals surface area contributed by atoms with Crippen LogP contribution >= 0.6 is 22.9 Å². The molecular weight excluding hydrogens is 492 g/mol. The summed E-state index contributed by atoms with van der Waals surface area (Å²) in [4.78, 5) is 17.0. The Morgan fingerprint density at radius 2 is 1.89 bits per heavy atom. The highest BCUT2D eigenvalue weighted by Gasteiger charge is 2.23. The molecule has 4 rings (SSSR count). The van der Waals surface area contributed by atoms with Gasteiger partial charge in [0.05, 0.1) is 11.0 Å². The fraction of sp³-hybridized carbons (Fsp3) is 0.357. The van der Waals surface area contributed by atoms with E-state index in [1.807, 2.05) is 36.6 Å². The van der Waals surface area contributed by atoms with Gasteiger partial charge in [0.1, 0.15) is 28.1 Å². The number of rotatable bonds is 7. The van der Waals surface area contributed by atoms with Crippen molar-refractivity contribution in [2.75, 3.05) is 0 Å². The number of fused-ring (bicyclic) bond motifs is 1. The highest BCUT2D eigenvalue weighted by Crippen LogP contribution is 2.37. The molecule has 2 aromatic heterocycles. The lowest BCUT2D eigenvalue weighted by atomic mass is 9.82. The number of hydrogen-bond donors (Lipinski definition) is 2. The van der Waals surface area contributed by atoms with Gasteiger partial charge in [0.15, 0.2) is 0 Å². The molecule has 36 heavy (non-hydrogen) atoms. The van der Waals surface area contributed by atoms with Crippen LogP contribution in [0.4, 0.5) is 0 Å². The maximum Gasteiger partial charge on any atom is 0.262 e. The standard InChI is InChI=1S/C24H27ClN4O2S.C4H8/c1-13(14(2)25)15(3)31-21-11-22(32-23(21)24(27)30)29-12-28-19-9-6-17(10-20(19)29)16-4-7-18(26)8-5-16;1-3-4-2/h6,9-12,15-16,18H,1-2,4-5,7-8,26H2,3H3,(H2,27,30);3-4H,1-2H3/b;4-3-. The van der Waals surface area contributed by atoms with Crippen molar-refractivity contribution in [1.29, 1.82) is 0 Å². The van der Waals surface area contributed by atoms with Crippen LogP contribution in [0, 0.1) is 0 Å². The van der Waals surface area contributed by atoms with E-state index in [1.54, 1.807) is 19.3 Å². The van der Waals surface area contributed by atoms with Crippen LogP contribution in [0.1, 0.15) is 67.6 Å². The maximum atomic E-state index is 12.1. The van der Waals surface area contributed by atoms with Gasteiger partial charge in [0, 0.05) is 22.7 Å². The number of nitrogens with zero attached hydrogens (tertiary/aromatic N) is 2. The van der Waals surface area contributed by atoms with E-state index in [0.717, 1.165) is 41.7 Å². The Morgan fingerprint density at radius 3 is 2.47 bits per heavy atom. The van der Waals surface area contributed by atoms with Crippen LogP contribution in [-0.4, -0.2) is 27.6 Å². The molecule has 8 heteroatoms. The number of benzene rings is 1. The topological polar surface area (TPSA) is 96.2 Å². The fourth-order valence-corrected chi connectivity index (χ4v) is 5.21. The first-order chi connectivity index (χ1) is 17.2. The van der Waals surface area contributed by atoms with E-state index >= 15 is 0 Å². The predicted molar refractivity (Wildman–Crippen MR) is 151 cm³/mol. The molecule has 0 bridgehead atoms. The van der Waals surface area contributed by atoms with E-state index in [-0.39, 0.29) is 0 Å². The molecule has 1 unspecified atom stereocenters. The maximum absolute atomic E-state index is 12.1. The number of thiophene rings is 1. The highest BCUT2D eigenvalue weighted by molar-refractivity contribution is 7.16. The zero-order valence-corrected chi connectivity index (χ0v) is 22.7. The van der Waals surface area contributed by atoms with Gasteiger partial charge >= 0.3 is 0 Å². The molecule has 4 N–H and O–H groups in total. The van der Waals surface area contributed by atoms with Gasteiger partial charge in [-0.25, -0.2) is 4.98 Å². The van der Waals surface area contributed by atoms with Crippen LogP contribution in [-0.2, 0) is 0 Å². The van der Waals surface area contributed by atoms with Crippen molar-refractivity contribution in [2.24, 2.45) is 11.5 Å². The summed E-state index contributed by atoms with van der Waals surface area (Å²) in [5.41, 5.74) is 15.4. The van der Waals surface area contributed by atoms with Gasteiger partial charge in [0.2, 0.25) is 0 Å². The molecule has 0 spiro atoms. The number of allylic oxidation sites excluding steroid dienone is 2. The molecule has 0 radical (unpaired) electrons. The number of carbonyl (C=O) groups excluding carboxylic acids is 1. The van der Waals surface area contributed by atoms with E-state index in [9.17, 15) is 4.79 Å². The average molecular weight is 527 g/mol. The second-order valence-electron chi connectivity index (χ2n) is 8.97. The smallest absolute Gasteiger partial charge is 0.262 e. The molecule has 1 aromatic carbocycles. The lowest BCUT2D eigenvalue weighted by molar-refractivity contribution is 0.0999. The number of imidazole rings is 1. The van der Waals surface area contributed by atoms with Crippen molar-refractivity contribution in [3.8, 4) is 10.8 Å². The number of carbonyl (C=O) groups is 1. The van der Waals surface area contributed by atoms with Gasteiger partial charge in [-0.1, -0.05) is 43.0 Å². The van der Waals surface area contributed by atoms with E-state index in [4.69, 9.17) is 27.8 Å². The van der Waals surface area contributed by atoms with Gasteiger partial charge in [-0.3, -0.25) is 9.36 Å². The Kier molecular flexibility index (Phi) is 9.54. The minimum absolute atomic E-state index is 0.311. The third kappa shape index (κ3) is 6.46. The summed E-state index contributed by atoms with van der Waals surface area (Å²) in [6.07, 6.45) is 9.59. The number of aromatic nitrogens is 2. The largest absolute Gasteiger partial charge is 0.484 e. The molecule has 3 aromatic rings. The molecule has 2 heterocycles. The van der Waals surface area contributed by atoms with Gasteiger partial charge in [0.25, 0.3) is 5.91 Å². The zero-order chi connectivity index (χ0) is 26.4. The molecular formula is C28H35ClN4O2S. The third-order valence-corrected chi connectivity index (χ3v) is 7.81. The summed E-state index contributed by atoms with van der Waals surface area (Å²) in [6, 6.07) is 8.51. The van der Waals surface area contributed by atoms with Crippen LogP contribution in [0.2, 0.25) is 0 Å². The van der Waals surface area contributed by atoms with Gasteiger partial charge in [-0.05, 0) is 70.1 Å². The SMILES string of the molecule is C/C=C\C.C=C(Cl)C(=C)C(C)Oc1cc(-n2cnc3ccc(C4CCC(N)CC4)cc32)sc1C(N)=O. The second-order valence-corrected chi connectivity index (χ2v) is 10.5. The highest BCUT2D eigenvalue weighted by atomic mass is 35.5. The normalized spacial score (nSPS) is 18.5. The second kappa shape index (κ2) is 12.4. The van der Waals surface area contributed by atoms with Crippen molar-refractivity contribution in [3.63, 3.8) is 0 Å². The van der Waals surface area contributed by atoms with Crippen LogP contribution in [0.15, 0.2) is 66.5 Å². The van der Waals surface area contributed by atoms with Crippen LogP contribution in [0.3, 0.4) is 0 Å². The van der Waals surface area contributed by atoms with Crippen LogP contribution in [0.25, 0.3) is 16.0 Å². The Morgan fingerprint density at radius 1 is 1.22 bits per heavy atom. The molecule has 0 aliphatic heterocycles. The van der Waals surface area contributed by atoms with Gasteiger partial charge in [-0.15, -0.1) is 11.3 Å². The van der Waals surface area contributed by atoms with Gasteiger partial charge in [-0.2, -0.15) is 0 Å². The fourth-order valence-electron chi connectivity index (χ4n) is 4.13. The summed E-state index contributed by atoms with van der Waals surface area (Å²) < 4.78 is 7.94. The lowest BCUT2D eigenvalue weighted by Crippen LogP contribution is -2.25. The average Bonchev–Trinajstić information content (AvgIpc) is 3.47. The Bertz CT molecular complexity index is 1260. The first kappa shape index (κ1) is 27.7. The van der Waals surface area contributed by atoms with Crippen molar-refractivity contribution in [3.05, 3.63) is 76.9 Å². The zero-order valence-electron chi connectivity index (χ0n) is 21.2. The van der Waals surface area contributed by atoms with Crippen molar-refractivity contribution in [2.45, 2.75) is 64.5 Å². The summed E-state index contributed by atoms with van der Waals surface area (Å²) in [6.45, 7) is 13.4. The van der Waals surface area contributed by atoms with E-state index in [1.165, 1.54) is 16.9 Å². The molecule has 1 saturated carbocycles. The van der Waals surface area contributed by atoms with Crippen molar-refractivity contribution < 1.29 is 9.53 Å². The molecule has 1 fully saturated rings. The molecule has 6 nitrogen and oxygen atoms in total. The first-order valence-corrected chi connectivity index (χ1v) is 13.3. The van der Waals surface area contributed by atoms with E-state index in [0.29, 0.717) is 33.2 Å². The van der Waals surface area contributed by atoms with Crippen LogP contribution in [0.5, 0.6) is 5.75 Å². The Balaban J connectivity index is 0.000000840. The molecule has 1 aliphatic rings. The van der Waals surface area contributed by atoms with E-state index < -0.39 is 12.0 Å². The van der Waals surface area contributed by atoms with Gasteiger partial charge < -0.3 is 16.2 Å². The Labute approximate surface area is 222 Å². The van der Waals surface area contributed by atoms with Crippen LogP contribution < -0.4 is 16.2 Å². The lowest BCUT2D eigenvalue weighted by Gasteiger charge is -2.26. The van der Waals surface area contributed by atoms with Crippen molar-refractivity contribution in [1.82, 2.24) is 9.55 Å². The molecule has 192 valence electrons. The summed E-state index contributed by atoms with van der Waals surface area (Å²) >= 11 is 7.21. The number of primary amides is 1. The molecule has 1 atom stereocenters. The summed E-state index contributed by atoms with van der Waals surface area (Å²) in [7, 11) is 0. The monoisotopic (exact) mass is 526 g/mol. The number of amides is 1. The first-order valence-electron chi connectivity index (χ1n) is 12.1. The van der Waals surface area contributed by atoms with E-state index in [2.05, 4.69) is 30.3 Å². The number of ether oxygens (including phenoxy) is 1. The minimum atomic E-state index is -0.553. The number of hydrogen-bond acceptors (Lipinski definition) is 5. The molecule has 1 aliphatic carbocycles. The predicted octanol–water partition coefficient (Wildman–Crippen LogP) is 6.83.